The molecule has 1 aromatic heterocycles. The molecule has 0 atom stereocenters. The van der Waals surface area contributed by atoms with Crippen LogP contribution in [-0.2, 0) is 12.3 Å². The lowest BCUT2D eigenvalue weighted by Crippen LogP contribution is -2.26. The van der Waals surface area contributed by atoms with E-state index < -0.39 is 4.92 Å². The van der Waals surface area contributed by atoms with E-state index in [1.54, 1.807) is 30.1 Å². The monoisotopic (exact) mass is 317 g/mol. The topological polar surface area (TPSA) is 92.1 Å². The number of hydrogen-bond donors (Lipinski definition) is 3. The average Bonchev–Trinajstić information content (AvgIpc) is 2.84. The van der Waals surface area contributed by atoms with Crippen molar-refractivity contribution in [3.63, 3.8) is 0 Å². The quantitative estimate of drug-likeness (QED) is 0.336. The third-order valence-electron chi connectivity index (χ3n) is 2.24. The molecular weight excluding hydrogens is 298 g/mol. The van der Waals surface area contributed by atoms with Gasteiger partial charge in [-0.1, -0.05) is 0 Å². The minimum absolute atomic E-state index is 0.417. The summed E-state index contributed by atoms with van der Waals surface area (Å²) in [5.41, 5.74) is 1.08. The molecule has 1 rings (SSSR count). The summed E-state index contributed by atoms with van der Waals surface area (Å²) in [6.07, 6.45) is 0.926. The first kappa shape index (κ1) is 16.7. The Morgan fingerprint density at radius 2 is 2.40 bits per heavy atom. The maximum atomic E-state index is 10.3. The Balaban J connectivity index is 2.19. The lowest BCUT2D eigenvalue weighted by molar-refractivity contribution is -0.404. The first-order chi connectivity index (χ1) is 9.65. The van der Waals surface area contributed by atoms with Gasteiger partial charge in [0.25, 0.3) is 6.20 Å². The van der Waals surface area contributed by atoms with Crippen LogP contribution in [0.4, 0.5) is 0 Å². The van der Waals surface area contributed by atoms with Crippen LogP contribution >= 0.6 is 23.1 Å². The second-order valence-corrected chi connectivity index (χ2v) is 5.87. The van der Waals surface area contributed by atoms with E-state index >= 15 is 0 Å². The summed E-state index contributed by atoms with van der Waals surface area (Å²) >= 11 is 3.40. The third kappa shape index (κ3) is 6.73. The summed E-state index contributed by atoms with van der Waals surface area (Å²) in [7, 11) is 3.55. The van der Waals surface area contributed by atoms with Crippen molar-refractivity contribution in [2.45, 2.75) is 12.3 Å². The molecule has 0 saturated carbocycles. The molecule has 0 aromatic carbocycles. The van der Waals surface area contributed by atoms with Gasteiger partial charge in [-0.3, -0.25) is 10.1 Å². The second kappa shape index (κ2) is 9.56. The summed E-state index contributed by atoms with van der Waals surface area (Å²) < 4.78 is 0. The fraction of sp³-hybridized carbons (Fsp3) is 0.545. The molecule has 20 heavy (non-hydrogen) atoms. The van der Waals surface area contributed by atoms with E-state index in [4.69, 9.17) is 0 Å². The zero-order chi connectivity index (χ0) is 14.8. The maximum absolute atomic E-state index is 10.3. The zero-order valence-electron chi connectivity index (χ0n) is 11.5. The Labute approximate surface area is 126 Å². The first-order valence-corrected chi connectivity index (χ1v) is 8.11. The number of thioether (sulfide) groups is 1. The summed E-state index contributed by atoms with van der Waals surface area (Å²) in [5, 5.41) is 22.3. The van der Waals surface area contributed by atoms with Crippen molar-refractivity contribution in [1.29, 1.82) is 0 Å². The molecule has 0 aliphatic rings. The number of thiazole rings is 1. The molecule has 0 aliphatic carbocycles. The lowest BCUT2D eigenvalue weighted by Gasteiger charge is -2.07. The van der Waals surface area contributed by atoms with Crippen LogP contribution in [0.1, 0.15) is 10.7 Å². The number of nitrogens with one attached hydrogen (secondary N) is 3. The standard InChI is InChI=1S/C11H19N5O2S2/c1-12-5-11-15-9(8-20-11)7-19-4-3-14-10(13-2)6-16(17)18/h6,8,12-14H,3-5,7H2,1-2H3/b10-6+. The van der Waals surface area contributed by atoms with Crippen LogP contribution in [0.15, 0.2) is 17.4 Å². The highest BCUT2D eigenvalue weighted by atomic mass is 32.2. The number of rotatable bonds is 10. The van der Waals surface area contributed by atoms with E-state index in [0.29, 0.717) is 12.4 Å². The van der Waals surface area contributed by atoms with E-state index in [1.165, 1.54) is 0 Å². The van der Waals surface area contributed by atoms with Gasteiger partial charge in [0.1, 0.15) is 5.01 Å². The molecule has 1 heterocycles. The molecule has 0 spiro atoms. The number of nitro groups is 1. The third-order valence-corrected chi connectivity index (χ3v) is 4.13. The fourth-order valence-electron chi connectivity index (χ4n) is 1.39. The van der Waals surface area contributed by atoms with Gasteiger partial charge in [0.15, 0.2) is 5.82 Å². The van der Waals surface area contributed by atoms with E-state index in [2.05, 4.69) is 26.3 Å². The van der Waals surface area contributed by atoms with Gasteiger partial charge in [0.2, 0.25) is 0 Å². The Bertz CT molecular complexity index is 450. The van der Waals surface area contributed by atoms with Gasteiger partial charge in [0.05, 0.1) is 10.6 Å². The van der Waals surface area contributed by atoms with Gasteiger partial charge in [-0.2, -0.15) is 11.8 Å². The molecule has 0 aliphatic heterocycles. The number of nitrogens with zero attached hydrogens (tertiary/aromatic N) is 2. The van der Waals surface area contributed by atoms with Crippen molar-refractivity contribution in [3.8, 4) is 0 Å². The first-order valence-electron chi connectivity index (χ1n) is 6.08. The van der Waals surface area contributed by atoms with Gasteiger partial charge < -0.3 is 16.0 Å². The largest absolute Gasteiger partial charge is 0.370 e. The van der Waals surface area contributed by atoms with Crippen molar-refractivity contribution in [1.82, 2.24) is 20.9 Å². The maximum Gasteiger partial charge on any atom is 0.274 e. The molecule has 112 valence electrons. The van der Waals surface area contributed by atoms with Gasteiger partial charge in [0, 0.05) is 37.0 Å². The van der Waals surface area contributed by atoms with Crippen molar-refractivity contribution < 1.29 is 4.92 Å². The Morgan fingerprint density at radius 1 is 1.60 bits per heavy atom. The van der Waals surface area contributed by atoms with Crippen LogP contribution in [0.25, 0.3) is 0 Å². The van der Waals surface area contributed by atoms with Crippen LogP contribution in [-0.4, -0.2) is 36.3 Å². The summed E-state index contributed by atoms with van der Waals surface area (Å²) in [6, 6.07) is 0. The van der Waals surface area contributed by atoms with Crippen molar-refractivity contribution in [2.75, 3.05) is 26.4 Å². The predicted molar refractivity (Wildman–Crippen MR) is 83.2 cm³/mol. The Hall–Kier alpha value is -1.32. The SMILES string of the molecule is CNCc1nc(CSCCN/C(=C/[N+](=O)[O-])NC)cs1. The van der Waals surface area contributed by atoms with Gasteiger partial charge in [-0.05, 0) is 7.05 Å². The van der Waals surface area contributed by atoms with Crippen LogP contribution in [0.3, 0.4) is 0 Å². The molecular formula is C11H19N5O2S2. The summed E-state index contributed by atoms with van der Waals surface area (Å²) in [4.78, 5) is 14.3. The molecule has 0 fully saturated rings. The zero-order valence-corrected chi connectivity index (χ0v) is 13.1. The normalized spacial score (nSPS) is 11.4. The minimum atomic E-state index is -0.482. The van der Waals surface area contributed by atoms with Crippen LogP contribution < -0.4 is 16.0 Å². The molecule has 9 heteroatoms. The molecule has 0 bridgehead atoms. The molecule has 0 radical (unpaired) electrons. The molecule has 7 nitrogen and oxygen atoms in total. The van der Waals surface area contributed by atoms with Crippen molar-refractivity contribution >= 4 is 23.1 Å². The molecule has 0 amide bonds. The Morgan fingerprint density at radius 3 is 3.05 bits per heavy atom. The lowest BCUT2D eigenvalue weighted by atomic mass is 10.6. The smallest absolute Gasteiger partial charge is 0.274 e. The van der Waals surface area contributed by atoms with Crippen LogP contribution in [0.2, 0.25) is 0 Å². The molecule has 0 saturated heterocycles. The van der Waals surface area contributed by atoms with Gasteiger partial charge in [-0.15, -0.1) is 11.3 Å². The summed E-state index contributed by atoms with van der Waals surface area (Å²) in [6.45, 7) is 1.47. The minimum Gasteiger partial charge on any atom is -0.370 e. The predicted octanol–water partition coefficient (Wildman–Crippen LogP) is 0.980. The van der Waals surface area contributed by atoms with E-state index in [1.807, 2.05) is 7.05 Å². The van der Waals surface area contributed by atoms with Crippen molar-refractivity contribution in [2.24, 2.45) is 0 Å². The molecule has 3 N–H and O–H groups in total. The highest BCUT2D eigenvalue weighted by molar-refractivity contribution is 7.98. The number of hydrogen-bond acceptors (Lipinski definition) is 8. The van der Waals surface area contributed by atoms with E-state index in [0.717, 1.165) is 35.0 Å². The Kier molecular flexibility index (Phi) is 8.00. The van der Waals surface area contributed by atoms with E-state index in [9.17, 15) is 10.1 Å². The van der Waals surface area contributed by atoms with Crippen LogP contribution in [0, 0.1) is 10.1 Å². The van der Waals surface area contributed by atoms with Gasteiger partial charge in [-0.25, -0.2) is 4.98 Å². The number of aromatic nitrogens is 1. The average molecular weight is 317 g/mol. The highest BCUT2D eigenvalue weighted by Crippen LogP contribution is 2.15. The van der Waals surface area contributed by atoms with Crippen molar-refractivity contribution in [3.05, 3.63) is 38.2 Å². The van der Waals surface area contributed by atoms with E-state index in [-0.39, 0.29) is 0 Å². The molecule has 1 aromatic rings. The molecule has 0 unspecified atom stereocenters. The highest BCUT2D eigenvalue weighted by Gasteiger charge is 2.02. The second-order valence-electron chi connectivity index (χ2n) is 3.82. The van der Waals surface area contributed by atoms with Crippen LogP contribution in [0.5, 0.6) is 0 Å². The fourth-order valence-corrected chi connectivity index (χ4v) is 3.05. The summed E-state index contributed by atoms with van der Waals surface area (Å²) in [5.74, 6) is 2.13. The van der Waals surface area contributed by atoms with Gasteiger partial charge >= 0.3 is 0 Å².